The maximum absolute atomic E-state index is 9.21. The van der Waals surface area contributed by atoms with Gasteiger partial charge in [-0.15, -0.1) is 0 Å². The second-order valence-electron chi connectivity index (χ2n) is 4.61. The topological polar surface area (TPSA) is 78.8 Å². The Labute approximate surface area is 122 Å². The number of nitrogens with zero attached hydrogens (tertiary/aromatic N) is 4. The summed E-state index contributed by atoms with van der Waals surface area (Å²) in [6.07, 6.45) is 0. The van der Waals surface area contributed by atoms with Gasteiger partial charge in [-0.1, -0.05) is 24.3 Å². The monoisotopic (exact) mass is 275 g/mol. The molecule has 0 atom stereocenters. The normalized spacial score (nSPS) is 10.3. The predicted octanol–water partition coefficient (Wildman–Crippen LogP) is 2.85. The van der Waals surface area contributed by atoms with Gasteiger partial charge in [0.2, 0.25) is 0 Å². The van der Waals surface area contributed by atoms with E-state index < -0.39 is 0 Å². The summed E-state index contributed by atoms with van der Waals surface area (Å²) >= 11 is 0. The number of aromatic nitrogens is 2. The average Bonchev–Trinajstić information content (AvgIpc) is 2.53. The predicted molar refractivity (Wildman–Crippen MR) is 83.2 cm³/mol. The minimum Gasteiger partial charge on any atom is -0.381 e. The number of nitrogens with two attached hydrogens (primary N) is 1. The van der Waals surface area contributed by atoms with Gasteiger partial charge in [0, 0.05) is 7.05 Å². The minimum atomic E-state index is 0.337. The standard InChI is InChI=1S/C16H13N5/c1-21(14-9-5-2-6-11(14)10-17)16-15(18)19-12-7-3-4-8-13(12)20-16/h2-9H,1H3,(H2,18,19). The van der Waals surface area contributed by atoms with Gasteiger partial charge in [0.15, 0.2) is 11.6 Å². The lowest BCUT2D eigenvalue weighted by Crippen LogP contribution is -2.15. The smallest absolute Gasteiger partial charge is 0.176 e. The molecule has 2 aromatic carbocycles. The van der Waals surface area contributed by atoms with E-state index in [0.29, 0.717) is 17.2 Å². The minimum absolute atomic E-state index is 0.337. The number of fused-ring (bicyclic) bond motifs is 1. The van der Waals surface area contributed by atoms with E-state index in [1.165, 1.54) is 0 Å². The summed E-state index contributed by atoms with van der Waals surface area (Å²) in [5.41, 5.74) is 8.85. The first-order chi connectivity index (χ1) is 10.2. The fourth-order valence-corrected chi connectivity index (χ4v) is 2.23. The second kappa shape index (κ2) is 5.10. The largest absolute Gasteiger partial charge is 0.381 e. The Bertz CT molecular complexity index is 851. The highest BCUT2D eigenvalue weighted by molar-refractivity contribution is 5.82. The first-order valence-electron chi connectivity index (χ1n) is 6.46. The Kier molecular flexibility index (Phi) is 3.13. The van der Waals surface area contributed by atoms with Crippen LogP contribution in [0.1, 0.15) is 5.56 Å². The Morgan fingerprint density at radius 1 is 1.00 bits per heavy atom. The third kappa shape index (κ3) is 2.23. The van der Waals surface area contributed by atoms with Crippen molar-refractivity contribution in [3.63, 3.8) is 0 Å². The van der Waals surface area contributed by atoms with Gasteiger partial charge in [-0.05, 0) is 24.3 Å². The molecule has 0 bridgehead atoms. The maximum Gasteiger partial charge on any atom is 0.176 e. The molecule has 1 aromatic heterocycles. The van der Waals surface area contributed by atoms with Gasteiger partial charge >= 0.3 is 0 Å². The van der Waals surface area contributed by atoms with Crippen LogP contribution in [0.4, 0.5) is 17.3 Å². The zero-order chi connectivity index (χ0) is 14.8. The van der Waals surface area contributed by atoms with Gasteiger partial charge in [-0.3, -0.25) is 0 Å². The number of nitrogen functional groups attached to an aromatic ring is 1. The van der Waals surface area contributed by atoms with E-state index in [2.05, 4.69) is 16.0 Å². The van der Waals surface area contributed by atoms with Gasteiger partial charge in [0.25, 0.3) is 0 Å². The van der Waals surface area contributed by atoms with Gasteiger partial charge in [0.1, 0.15) is 6.07 Å². The van der Waals surface area contributed by atoms with Crippen molar-refractivity contribution in [2.45, 2.75) is 0 Å². The van der Waals surface area contributed by atoms with Crippen LogP contribution in [-0.2, 0) is 0 Å². The summed E-state index contributed by atoms with van der Waals surface area (Å²) < 4.78 is 0. The molecule has 0 spiro atoms. The van der Waals surface area contributed by atoms with Crippen molar-refractivity contribution < 1.29 is 0 Å². The molecular formula is C16H13N5. The summed E-state index contributed by atoms with van der Waals surface area (Å²) in [5.74, 6) is 0.875. The summed E-state index contributed by atoms with van der Waals surface area (Å²) in [5, 5.41) is 9.21. The first-order valence-corrected chi connectivity index (χ1v) is 6.46. The van der Waals surface area contributed by atoms with Crippen LogP contribution in [0.15, 0.2) is 48.5 Å². The molecule has 0 aliphatic carbocycles. The fourth-order valence-electron chi connectivity index (χ4n) is 2.23. The fraction of sp³-hybridized carbons (Fsp3) is 0.0625. The van der Waals surface area contributed by atoms with Crippen molar-refractivity contribution in [3.05, 3.63) is 54.1 Å². The van der Waals surface area contributed by atoms with E-state index in [1.54, 1.807) is 11.0 Å². The van der Waals surface area contributed by atoms with Gasteiger partial charge < -0.3 is 10.6 Å². The molecule has 5 nitrogen and oxygen atoms in total. The molecule has 0 saturated heterocycles. The van der Waals surface area contributed by atoms with Gasteiger partial charge in [-0.2, -0.15) is 5.26 Å². The van der Waals surface area contributed by atoms with Gasteiger partial charge in [-0.25, -0.2) is 9.97 Å². The molecule has 0 fully saturated rings. The molecule has 21 heavy (non-hydrogen) atoms. The Balaban J connectivity index is 2.15. The third-order valence-corrected chi connectivity index (χ3v) is 3.28. The number of rotatable bonds is 2. The Hall–Kier alpha value is -3.13. The molecule has 3 rings (SSSR count). The maximum atomic E-state index is 9.21. The zero-order valence-corrected chi connectivity index (χ0v) is 11.5. The molecule has 0 aliphatic heterocycles. The molecule has 3 aromatic rings. The third-order valence-electron chi connectivity index (χ3n) is 3.28. The van der Waals surface area contributed by atoms with Crippen molar-refractivity contribution in [2.24, 2.45) is 0 Å². The Morgan fingerprint density at radius 2 is 1.62 bits per heavy atom. The van der Waals surface area contributed by atoms with Crippen molar-refractivity contribution in [1.29, 1.82) is 5.26 Å². The zero-order valence-electron chi connectivity index (χ0n) is 11.5. The van der Waals surface area contributed by atoms with Crippen molar-refractivity contribution >= 4 is 28.4 Å². The van der Waals surface area contributed by atoms with Crippen LogP contribution in [0, 0.1) is 11.3 Å². The molecule has 0 amide bonds. The number of nitriles is 1. The highest BCUT2D eigenvalue weighted by atomic mass is 15.2. The van der Waals surface area contributed by atoms with Crippen LogP contribution in [0.25, 0.3) is 11.0 Å². The second-order valence-corrected chi connectivity index (χ2v) is 4.61. The summed E-state index contributed by atoms with van der Waals surface area (Å²) in [6.45, 7) is 0. The van der Waals surface area contributed by atoms with Crippen molar-refractivity contribution in [2.75, 3.05) is 17.7 Å². The summed E-state index contributed by atoms with van der Waals surface area (Å²) in [7, 11) is 1.82. The molecular weight excluding hydrogens is 262 g/mol. The first kappa shape index (κ1) is 12.9. The van der Waals surface area contributed by atoms with E-state index >= 15 is 0 Å². The van der Waals surface area contributed by atoms with Crippen LogP contribution >= 0.6 is 0 Å². The number of hydrogen-bond acceptors (Lipinski definition) is 5. The van der Waals surface area contributed by atoms with Crippen molar-refractivity contribution in [3.8, 4) is 6.07 Å². The molecule has 0 aliphatic rings. The van der Waals surface area contributed by atoms with E-state index in [9.17, 15) is 5.26 Å². The van der Waals surface area contributed by atoms with Gasteiger partial charge in [0.05, 0.1) is 22.3 Å². The van der Waals surface area contributed by atoms with Crippen LogP contribution in [-0.4, -0.2) is 17.0 Å². The average molecular weight is 275 g/mol. The van der Waals surface area contributed by atoms with E-state index in [1.807, 2.05) is 49.5 Å². The number of anilines is 3. The number of para-hydroxylation sites is 3. The van der Waals surface area contributed by atoms with Crippen LogP contribution < -0.4 is 10.6 Å². The van der Waals surface area contributed by atoms with Crippen LogP contribution in [0.3, 0.4) is 0 Å². The molecule has 1 heterocycles. The van der Waals surface area contributed by atoms with Crippen LogP contribution in [0.5, 0.6) is 0 Å². The Morgan fingerprint density at radius 3 is 2.33 bits per heavy atom. The van der Waals surface area contributed by atoms with E-state index in [0.717, 1.165) is 16.7 Å². The lowest BCUT2D eigenvalue weighted by Gasteiger charge is -2.20. The van der Waals surface area contributed by atoms with E-state index in [4.69, 9.17) is 5.73 Å². The number of hydrogen-bond donors (Lipinski definition) is 1. The summed E-state index contributed by atoms with van der Waals surface area (Å²) in [4.78, 5) is 10.7. The summed E-state index contributed by atoms with van der Waals surface area (Å²) in [6, 6.07) is 17.0. The molecule has 0 saturated carbocycles. The molecule has 102 valence electrons. The highest BCUT2D eigenvalue weighted by Crippen LogP contribution is 2.29. The SMILES string of the molecule is CN(c1ccccc1C#N)c1nc2ccccc2nc1N. The molecule has 2 N–H and O–H groups in total. The van der Waals surface area contributed by atoms with Crippen molar-refractivity contribution in [1.82, 2.24) is 9.97 Å². The van der Waals surface area contributed by atoms with E-state index in [-0.39, 0.29) is 0 Å². The van der Waals surface area contributed by atoms with Crippen LogP contribution in [0.2, 0.25) is 0 Å². The lowest BCUT2D eigenvalue weighted by atomic mass is 10.2. The highest BCUT2D eigenvalue weighted by Gasteiger charge is 2.14. The molecule has 0 unspecified atom stereocenters. The number of benzene rings is 2. The molecule has 0 radical (unpaired) electrons. The molecule has 5 heteroatoms. The quantitative estimate of drug-likeness (QED) is 0.778. The lowest BCUT2D eigenvalue weighted by molar-refractivity contribution is 1.12.